The van der Waals surface area contributed by atoms with Crippen molar-refractivity contribution in [1.29, 1.82) is 0 Å². The summed E-state index contributed by atoms with van der Waals surface area (Å²) < 4.78 is 11.0. The molecule has 0 aliphatic carbocycles. The van der Waals surface area contributed by atoms with Crippen LogP contribution in [0.3, 0.4) is 0 Å². The lowest BCUT2D eigenvalue weighted by atomic mass is 10.2. The van der Waals surface area contributed by atoms with Gasteiger partial charge in [0.2, 0.25) is 11.8 Å². The zero-order valence-corrected chi connectivity index (χ0v) is 16.6. The van der Waals surface area contributed by atoms with E-state index in [9.17, 15) is 9.59 Å². The minimum atomic E-state index is -0.263. The lowest BCUT2D eigenvalue weighted by Crippen LogP contribution is -2.35. The summed E-state index contributed by atoms with van der Waals surface area (Å²) in [6.45, 7) is 8.17. The summed E-state index contributed by atoms with van der Waals surface area (Å²) in [7, 11) is 1.53. The summed E-state index contributed by atoms with van der Waals surface area (Å²) in [4.78, 5) is 23.3. The second kappa shape index (κ2) is 10.7. The summed E-state index contributed by atoms with van der Waals surface area (Å²) in [5, 5.41) is 5.84. The third-order valence-electron chi connectivity index (χ3n) is 3.28. The third-order valence-corrected chi connectivity index (χ3v) is 3.56. The standard InChI is InChI=1S/C19H27ClN2O4/c1-12(2)19(24)22-9-8-21-17(23)7-6-14-10-15(20)18(26-13(3)4)16(11-14)25-5/h6-7,10-13H,8-9H2,1-5H3,(H,21,23)(H,22,24)/b7-6+. The quantitative estimate of drug-likeness (QED) is 0.508. The van der Waals surface area contributed by atoms with Crippen LogP contribution in [0.5, 0.6) is 11.5 Å². The summed E-state index contributed by atoms with van der Waals surface area (Å²) in [6.07, 6.45) is 3.00. The number of carbonyl (C=O) groups is 2. The molecule has 6 nitrogen and oxygen atoms in total. The SMILES string of the molecule is COc1cc(/C=C/C(=O)NCCNC(=O)C(C)C)cc(Cl)c1OC(C)C. The predicted octanol–water partition coefficient (Wildman–Crippen LogP) is 3.04. The minimum absolute atomic E-state index is 0.0373. The van der Waals surface area contributed by atoms with Crippen molar-refractivity contribution < 1.29 is 19.1 Å². The maximum atomic E-state index is 11.8. The summed E-state index contributed by atoms with van der Waals surface area (Å²) >= 11 is 6.25. The van der Waals surface area contributed by atoms with Crippen LogP contribution in [0.1, 0.15) is 33.3 Å². The number of ether oxygens (including phenoxy) is 2. The van der Waals surface area contributed by atoms with E-state index in [1.165, 1.54) is 13.2 Å². The third kappa shape index (κ3) is 7.35. The second-order valence-electron chi connectivity index (χ2n) is 6.27. The van der Waals surface area contributed by atoms with E-state index in [0.717, 1.165) is 0 Å². The van der Waals surface area contributed by atoms with Gasteiger partial charge in [-0.2, -0.15) is 0 Å². The molecule has 0 aliphatic heterocycles. The molecule has 7 heteroatoms. The molecule has 1 aromatic carbocycles. The Morgan fingerprint density at radius 1 is 1.15 bits per heavy atom. The van der Waals surface area contributed by atoms with E-state index in [-0.39, 0.29) is 23.8 Å². The monoisotopic (exact) mass is 382 g/mol. The molecule has 0 aromatic heterocycles. The Hall–Kier alpha value is -2.21. The highest BCUT2D eigenvalue weighted by Gasteiger charge is 2.12. The molecule has 0 aliphatic rings. The van der Waals surface area contributed by atoms with Gasteiger partial charge in [0.15, 0.2) is 11.5 Å². The van der Waals surface area contributed by atoms with Crippen LogP contribution in [0.15, 0.2) is 18.2 Å². The molecule has 0 saturated carbocycles. The summed E-state index contributed by atoms with van der Waals surface area (Å²) in [5.74, 6) is 0.601. The van der Waals surface area contributed by atoms with Crippen molar-refractivity contribution in [3.8, 4) is 11.5 Å². The van der Waals surface area contributed by atoms with E-state index < -0.39 is 0 Å². The summed E-state index contributed by atoms with van der Waals surface area (Å²) in [6, 6.07) is 3.45. The Labute approximate surface area is 159 Å². The van der Waals surface area contributed by atoms with Crippen LogP contribution >= 0.6 is 11.6 Å². The molecule has 0 atom stereocenters. The first kappa shape index (κ1) is 21.8. The number of benzene rings is 1. The highest BCUT2D eigenvalue weighted by molar-refractivity contribution is 6.32. The van der Waals surface area contributed by atoms with Crippen LogP contribution < -0.4 is 20.1 Å². The molecule has 0 fully saturated rings. The van der Waals surface area contributed by atoms with Crippen LogP contribution in [0.25, 0.3) is 6.08 Å². The smallest absolute Gasteiger partial charge is 0.244 e. The molecule has 0 heterocycles. The van der Waals surface area contributed by atoms with Gasteiger partial charge in [0.05, 0.1) is 18.2 Å². The lowest BCUT2D eigenvalue weighted by Gasteiger charge is -2.15. The van der Waals surface area contributed by atoms with Gasteiger partial charge < -0.3 is 20.1 Å². The Morgan fingerprint density at radius 3 is 2.38 bits per heavy atom. The average Bonchev–Trinajstić information content (AvgIpc) is 2.58. The molecule has 1 rings (SSSR count). The van der Waals surface area contributed by atoms with E-state index in [0.29, 0.717) is 35.2 Å². The van der Waals surface area contributed by atoms with Gasteiger partial charge in [0.1, 0.15) is 0 Å². The van der Waals surface area contributed by atoms with Gasteiger partial charge in [0, 0.05) is 25.1 Å². The average molecular weight is 383 g/mol. The highest BCUT2D eigenvalue weighted by Crippen LogP contribution is 2.37. The Bertz CT molecular complexity index is 657. The largest absolute Gasteiger partial charge is 0.493 e. The molecule has 0 unspecified atom stereocenters. The van der Waals surface area contributed by atoms with Crippen molar-refractivity contribution in [2.24, 2.45) is 5.92 Å². The molecule has 26 heavy (non-hydrogen) atoms. The fourth-order valence-electron chi connectivity index (χ4n) is 1.99. The number of halogens is 1. The molecule has 2 amide bonds. The van der Waals surface area contributed by atoms with Crippen molar-refractivity contribution in [1.82, 2.24) is 10.6 Å². The first-order valence-electron chi connectivity index (χ1n) is 8.52. The number of rotatable bonds is 9. The van der Waals surface area contributed by atoms with Crippen molar-refractivity contribution >= 4 is 29.5 Å². The van der Waals surface area contributed by atoms with Crippen LogP contribution in [-0.4, -0.2) is 38.1 Å². The van der Waals surface area contributed by atoms with E-state index in [4.69, 9.17) is 21.1 Å². The van der Waals surface area contributed by atoms with Gasteiger partial charge >= 0.3 is 0 Å². The Balaban J connectivity index is 2.63. The normalized spacial score (nSPS) is 11.1. The zero-order valence-electron chi connectivity index (χ0n) is 15.9. The molecular weight excluding hydrogens is 356 g/mol. The molecule has 144 valence electrons. The number of hydrogen-bond donors (Lipinski definition) is 2. The maximum Gasteiger partial charge on any atom is 0.244 e. The Morgan fingerprint density at radius 2 is 1.81 bits per heavy atom. The van der Waals surface area contributed by atoms with Crippen molar-refractivity contribution in [3.63, 3.8) is 0 Å². The van der Waals surface area contributed by atoms with Gasteiger partial charge in [-0.3, -0.25) is 9.59 Å². The van der Waals surface area contributed by atoms with Gasteiger partial charge in [-0.15, -0.1) is 0 Å². The minimum Gasteiger partial charge on any atom is -0.493 e. The zero-order chi connectivity index (χ0) is 19.7. The summed E-state index contributed by atoms with van der Waals surface area (Å²) in [5.41, 5.74) is 0.714. The fourth-order valence-corrected chi connectivity index (χ4v) is 2.26. The molecule has 0 bridgehead atoms. The first-order valence-corrected chi connectivity index (χ1v) is 8.90. The molecule has 0 radical (unpaired) electrons. The second-order valence-corrected chi connectivity index (χ2v) is 6.68. The number of carbonyl (C=O) groups excluding carboxylic acids is 2. The number of hydrogen-bond acceptors (Lipinski definition) is 4. The van der Waals surface area contributed by atoms with E-state index >= 15 is 0 Å². The van der Waals surface area contributed by atoms with E-state index in [2.05, 4.69) is 10.6 Å². The van der Waals surface area contributed by atoms with Crippen molar-refractivity contribution in [3.05, 3.63) is 28.8 Å². The van der Waals surface area contributed by atoms with Crippen LogP contribution in [0, 0.1) is 5.92 Å². The van der Waals surface area contributed by atoms with Crippen molar-refractivity contribution in [2.45, 2.75) is 33.8 Å². The van der Waals surface area contributed by atoms with Gasteiger partial charge in [-0.1, -0.05) is 25.4 Å². The Kier molecular flexibility index (Phi) is 8.99. The van der Waals surface area contributed by atoms with E-state index in [1.807, 2.05) is 27.7 Å². The van der Waals surface area contributed by atoms with Gasteiger partial charge in [-0.25, -0.2) is 0 Å². The van der Waals surface area contributed by atoms with Crippen LogP contribution in [-0.2, 0) is 9.59 Å². The molecular formula is C19H27ClN2O4. The number of methoxy groups -OCH3 is 1. The fraction of sp³-hybridized carbons (Fsp3) is 0.474. The van der Waals surface area contributed by atoms with Crippen molar-refractivity contribution in [2.75, 3.05) is 20.2 Å². The van der Waals surface area contributed by atoms with Crippen LogP contribution in [0.4, 0.5) is 0 Å². The van der Waals surface area contributed by atoms with Crippen LogP contribution in [0.2, 0.25) is 5.02 Å². The first-order chi connectivity index (χ1) is 12.2. The lowest BCUT2D eigenvalue weighted by molar-refractivity contribution is -0.124. The maximum absolute atomic E-state index is 11.8. The topological polar surface area (TPSA) is 76.7 Å². The molecule has 1 aromatic rings. The van der Waals surface area contributed by atoms with E-state index in [1.54, 1.807) is 18.2 Å². The highest BCUT2D eigenvalue weighted by atomic mass is 35.5. The number of amides is 2. The van der Waals surface area contributed by atoms with Gasteiger partial charge in [0.25, 0.3) is 0 Å². The van der Waals surface area contributed by atoms with Gasteiger partial charge in [-0.05, 0) is 37.6 Å². The molecule has 0 spiro atoms. The number of nitrogens with one attached hydrogen (secondary N) is 2. The predicted molar refractivity (Wildman–Crippen MR) is 104 cm³/mol. The molecule has 0 saturated heterocycles. The molecule has 2 N–H and O–H groups in total.